The quantitative estimate of drug-likeness (QED) is 0.868. The Morgan fingerprint density at radius 3 is 2.63 bits per heavy atom. The normalized spacial score (nSPS) is 10.3. The summed E-state index contributed by atoms with van der Waals surface area (Å²) in [7, 11) is 0. The van der Waals surface area contributed by atoms with E-state index in [4.69, 9.17) is 0 Å². The molecule has 0 aromatic heterocycles. The lowest BCUT2D eigenvalue weighted by Crippen LogP contribution is -2.14. The molecule has 2 rings (SSSR count). The summed E-state index contributed by atoms with van der Waals surface area (Å²) in [5, 5.41) is 12.2. The molecule has 0 spiro atoms. The summed E-state index contributed by atoms with van der Waals surface area (Å²) in [6, 6.07) is 9.25. The lowest BCUT2D eigenvalue weighted by Gasteiger charge is -2.10. The van der Waals surface area contributed by atoms with Crippen LogP contribution in [0.2, 0.25) is 0 Å². The second-order valence-corrected chi connectivity index (χ2v) is 4.41. The van der Waals surface area contributed by atoms with Crippen molar-refractivity contribution in [1.82, 2.24) is 0 Å². The largest absolute Gasteiger partial charge is 0.507 e. The molecule has 0 radical (unpaired) electrons. The Labute approximate surface area is 110 Å². The summed E-state index contributed by atoms with van der Waals surface area (Å²) in [4.78, 5) is 12.1. The van der Waals surface area contributed by atoms with Crippen molar-refractivity contribution >= 4 is 11.6 Å². The average Bonchev–Trinajstić information content (AvgIpc) is 2.37. The Balaban J connectivity index is 2.34. The van der Waals surface area contributed by atoms with E-state index in [-0.39, 0.29) is 17.0 Å². The predicted molar refractivity (Wildman–Crippen MR) is 71.9 cm³/mol. The second-order valence-electron chi connectivity index (χ2n) is 4.41. The summed E-state index contributed by atoms with van der Waals surface area (Å²) in [6.07, 6.45) is 0. The zero-order chi connectivity index (χ0) is 14.0. The summed E-state index contributed by atoms with van der Waals surface area (Å²) >= 11 is 0. The van der Waals surface area contributed by atoms with E-state index in [1.807, 2.05) is 6.92 Å². The van der Waals surface area contributed by atoms with Gasteiger partial charge in [-0.3, -0.25) is 4.79 Å². The number of halogens is 1. The topological polar surface area (TPSA) is 49.3 Å². The third-order valence-corrected chi connectivity index (χ3v) is 2.86. The molecule has 19 heavy (non-hydrogen) atoms. The lowest BCUT2D eigenvalue weighted by atomic mass is 10.1. The monoisotopic (exact) mass is 259 g/mol. The minimum atomic E-state index is -0.533. The number of rotatable bonds is 2. The van der Waals surface area contributed by atoms with E-state index in [2.05, 4.69) is 5.32 Å². The van der Waals surface area contributed by atoms with Crippen LogP contribution >= 0.6 is 0 Å². The van der Waals surface area contributed by atoms with Crippen LogP contribution in [-0.2, 0) is 0 Å². The molecule has 3 nitrogen and oxygen atoms in total. The molecule has 2 aromatic rings. The van der Waals surface area contributed by atoms with Crippen molar-refractivity contribution in [2.45, 2.75) is 13.8 Å². The number of benzene rings is 2. The Bertz CT molecular complexity index is 618. The highest BCUT2D eigenvalue weighted by atomic mass is 19.1. The number of aryl methyl sites for hydroxylation is 2. The van der Waals surface area contributed by atoms with E-state index < -0.39 is 11.7 Å². The number of phenols is 1. The molecule has 0 heterocycles. The number of aromatic hydroxyl groups is 1. The zero-order valence-corrected chi connectivity index (χ0v) is 10.7. The molecule has 0 atom stereocenters. The lowest BCUT2D eigenvalue weighted by molar-refractivity contribution is 0.102. The maximum atomic E-state index is 13.6. The zero-order valence-electron chi connectivity index (χ0n) is 10.7. The molecule has 0 fully saturated rings. The Kier molecular flexibility index (Phi) is 3.51. The van der Waals surface area contributed by atoms with Crippen LogP contribution in [0.4, 0.5) is 10.1 Å². The first kappa shape index (κ1) is 13.1. The number of para-hydroxylation sites is 1. The molecule has 0 aliphatic rings. The SMILES string of the molecule is Cc1ccc(O)c(C(=O)Nc2c(C)cccc2F)c1. The molecular weight excluding hydrogens is 245 g/mol. The molecular formula is C15H14FNO2. The fourth-order valence-electron chi connectivity index (χ4n) is 1.80. The molecule has 2 aromatic carbocycles. The van der Waals surface area contributed by atoms with Gasteiger partial charge in [-0.2, -0.15) is 0 Å². The standard InChI is InChI=1S/C15H14FNO2/c1-9-6-7-13(18)11(8-9)15(19)17-14-10(2)4-3-5-12(14)16/h3-8,18H,1-2H3,(H,17,19). The number of nitrogens with one attached hydrogen (secondary N) is 1. The van der Waals surface area contributed by atoms with Gasteiger partial charge in [0.05, 0.1) is 11.3 Å². The van der Waals surface area contributed by atoms with Crippen LogP contribution in [0, 0.1) is 19.7 Å². The summed E-state index contributed by atoms with van der Waals surface area (Å²) < 4.78 is 13.6. The number of amides is 1. The summed E-state index contributed by atoms with van der Waals surface area (Å²) in [5.41, 5.74) is 1.73. The first-order valence-electron chi connectivity index (χ1n) is 5.85. The first-order valence-corrected chi connectivity index (χ1v) is 5.85. The van der Waals surface area contributed by atoms with Crippen molar-refractivity contribution in [2.24, 2.45) is 0 Å². The molecule has 4 heteroatoms. The van der Waals surface area contributed by atoms with Crippen molar-refractivity contribution in [3.8, 4) is 5.75 Å². The fourth-order valence-corrected chi connectivity index (χ4v) is 1.80. The highest BCUT2D eigenvalue weighted by Gasteiger charge is 2.14. The van der Waals surface area contributed by atoms with Gasteiger partial charge < -0.3 is 10.4 Å². The van der Waals surface area contributed by atoms with Gasteiger partial charge in [-0.25, -0.2) is 4.39 Å². The Hall–Kier alpha value is -2.36. The molecule has 0 aliphatic heterocycles. The van der Waals surface area contributed by atoms with Crippen molar-refractivity contribution in [1.29, 1.82) is 0 Å². The van der Waals surface area contributed by atoms with Gasteiger partial charge in [0.1, 0.15) is 11.6 Å². The van der Waals surface area contributed by atoms with Crippen molar-refractivity contribution < 1.29 is 14.3 Å². The van der Waals surface area contributed by atoms with E-state index in [9.17, 15) is 14.3 Å². The molecule has 98 valence electrons. The number of anilines is 1. The van der Waals surface area contributed by atoms with Crippen molar-refractivity contribution in [2.75, 3.05) is 5.32 Å². The van der Waals surface area contributed by atoms with E-state index in [0.29, 0.717) is 5.56 Å². The molecule has 2 N–H and O–H groups in total. The molecule has 1 amide bonds. The average molecular weight is 259 g/mol. The van der Waals surface area contributed by atoms with Gasteiger partial charge in [0.2, 0.25) is 0 Å². The van der Waals surface area contributed by atoms with Crippen LogP contribution in [0.15, 0.2) is 36.4 Å². The highest BCUT2D eigenvalue weighted by molar-refractivity contribution is 6.06. The van der Waals surface area contributed by atoms with E-state index in [0.717, 1.165) is 5.56 Å². The number of carbonyl (C=O) groups excluding carboxylic acids is 1. The minimum absolute atomic E-state index is 0.127. The van der Waals surface area contributed by atoms with Gasteiger partial charge in [-0.1, -0.05) is 23.8 Å². The van der Waals surface area contributed by atoms with Crippen molar-refractivity contribution in [3.63, 3.8) is 0 Å². The summed E-state index contributed by atoms with van der Waals surface area (Å²) in [6.45, 7) is 3.51. The van der Waals surface area contributed by atoms with Gasteiger partial charge in [0.15, 0.2) is 0 Å². The van der Waals surface area contributed by atoms with Gasteiger partial charge in [-0.15, -0.1) is 0 Å². The number of hydrogen-bond acceptors (Lipinski definition) is 2. The van der Waals surface area contributed by atoms with Crippen LogP contribution < -0.4 is 5.32 Å². The molecule has 0 bridgehead atoms. The second kappa shape index (κ2) is 5.10. The third-order valence-electron chi connectivity index (χ3n) is 2.86. The smallest absolute Gasteiger partial charge is 0.259 e. The van der Waals surface area contributed by atoms with Gasteiger partial charge >= 0.3 is 0 Å². The molecule has 0 unspecified atom stereocenters. The number of carbonyl (C=O) groups is 1. The minimum Gasteiger partial charge on any atom is -0.507 e. The Morgan fingerprint density at radius 1 is 1.21 bits per heavy atom. The predicted octanol–water partition coefficient (Wildman–Crippen LogP) is 3.40. The van der Waals surface area contributed by atoms with E-state index in [1.54, 1.807) is 31.2 Å². The van der Waals surface area contributed by atoms with Crippen molar-refractivity contribution in [3.05, 3.63) is 58.9 Å². The van der Waals surface area contributed by atoms with Crippen LogP contribution in [-0.4, -0.2) is 11.0 Å². The number of hydrogen-bond donors (Lipinski definition) is 2. The van der Waals surface area contributed by atoms with Gasteiger partial charge in [0, 0.05) is 0 Å². The van der Waals surface area contributed by atoms with Gasteiger partial charge in [0.25, 0.3) is 5.91 Å². The Morgan fingerprint density at radius 2 is 1.95 bits per heavy atom. The van der Waals surface area contributed by atoms with Gasteiger partial charge in [-0.05, 0) is 37.6 Å². The highest BCUT2D eigenvalue weighted by Crippen LogP contribution is 2.23. The maximum absolute atomic E-state index is 13.6. The number of phenolic OH excluding ortho intramolecular Hbond substituents is 1. The third kappa shape index (κ3) is 2.73. The first-order chi connectivity index (χ1) is 8.99. The molecule has 0 saturated heterocycles. The van der Waals surface area contributed by atoms with Crippen LogP contribution in [0.5, 0.6) is 5.75 Å². The molecule has 0 saturated carbocycles. The van der Waals surface area contributed by atoms with E-state index in [1.165, 1.54) is 12.1 Å². The fraction of sp³-hybridized carbons (Fsp3) is 0.133. The van der Waals surface area contributed by atoms with Crippen LogP contribution in [0.1, 0.15) is 21.5 Å². The van der Waals surface area contributed by atoms with Crippen LogP contribution in [0.3, 0.4) is 0 Å². The van der Waals surface area contributed by atoms with Crippen LogP contribution in [0.25, 0.3) is 0 Å². The molecule has 0 aliphatic carbocycles. The maximum Gasteiger partial charge on any atom is 0.259 e. The van der Waals surface area contributed by atoms with E-state index >= 15 is 0 Å². The summed E-state index contributed by atoms with van der Waals surface area (Å²) in [5.74, 6) is -1.16.